The van der Waals surface area contributed by atoms with E-state index >= 15 is 0 Å². The van der Waals surface area contributed by atoms with Gasteiger partial charge >= 0.3 is 0 Å². The summed E-state index contributed by atoms with van der Waals surface area (Å²) in [5.41, 5.74) is 2.87. The minimum absolute atomic E-state index is 0.122. The van der Waals surface area contributed by atoms with Crippen LogP contribution in [0.5, 0.6) is 0 Å². The van der Waals surface area contributed by atoms with Gasteiger partial charge in [0, 0.05) is 12.4 Å². The van der Waals surface area contributed by atoms with Crippen LogP contribution in [-0.4, -0.2) is 48.3 Å². The van der Waals surface area contributed by atoms with Crippen LogP contribution >= 0.6 is 0 Å². The molecule has 8 heteroatoms. The molecule has 8 nitrogen and oxygen atoms in total. The molecule has 0 aromatic heterocycles. The smallest absolute Gasteiger partial charge is 0.261 e. The van der Waals surface area contributed by atoms with Gasteiger partial charge < -0.3 is 0 Å². The van der Waals surface area contributed by atoms with Gasteiger partial charge in [0.25, 0.3) is 11.8 Å². The standard InChI is InChI=1S/C25H26N6O2/c1-17(27-16-23-19(3)29-31(25(23)33)21-12-8-5-9-13-21)14-26-15-22-18(2)28-30(24(22)32)20-10-6-4-7-11-20/h4-13,15-17,22-23H,14H2,1-3H3. The SMILES string of the molecule is CC1=NN(c2ccccc2)C(=O)C1C=NCC(C)N=CC1C(=O)N(c2ccccc2)N=C1C. The first-order chi connectivity index (χ1) is 16.0. The Hall–Kier alpha value is -3.94. The molecule has 3 atom stereocenters. The fourth-order valence-electron chi connectivity index (χ4n) is 3.61. The maximum atomic E-state index is 12.8. The van der Waals surface area contributed by atoms with E-state index in [1.165, 1.54) is 10.0 Å². The highest BCUT2D eigenvalue weighted by Crippen LogP contribution is 2.24. The number of carbonyl (C=O) groups is 2. The predicted octanol–water partition coefficient (Wildman–Crippen LogP) is 3.59. The lowest BCUT2D eigenvalue weighted by Gasteiger charge is -2.13. The number of hydrogen-bond donors (Lipinski definition) is 0. The zero-order valence-corrected chi connectivity index (χ0v) is 18.9. The van der Waals surface area contributed by atoms with Crippen LogP contribution in [0.4, 0.5) is 11.4 Å². The van der Waals surface area contributed by atoms with Crippen LogP contribution in [0.15, 0.2) is 80.9 Å². The summed E-state index contributed by atoms with van der Waals surface area (Å²) >= 11 is 0. The lowest BCUT2D eigenvalue weighted by atomic mass is 10.1. The van der Waals surface area contributed by atoms with Crippen molar-refractivity contribution in [3.05, 3.63) is 60.7 Å². The van der Waals surface area contributed by atoms with Gasteiger partial charge in [-0.15, -0.1) is 0 Å². The Morgan fingerprint density at radius 2 is 1.27 bits per heavy atom. The Kier molecular flexibility index (Phi) is 6.53. The van der Waals surface area contributed by atoms with Crippen molar-refractivity contribution in [2.24, 2.45) is 32.0 Å². The summed E-state index contributed by atoms with van der Waals surface area (Å²) < 4.78 is 0. The second kappa shape index (κ2) is 9.68. The molecule has 0 spiro atoms. The zero-order valence-electron chi connectivity index (χ0n) is 18.9. The number of hydrogen-bond acceptors (Lipinski definition) is 6. The Bertz CT molecular complexity index is 1140. The van der Waals surface area contributed by atoms with Crippen LogP contribution in [0.2, 0.25) is 0 Å². The van der Waals surface area contributed by atoms with Crippen molar-refractivity contribution in [3.63, 3.8) is 0 Å². The van der Waals surface area contributed by atoms with Gasteiger partial charge in [-0.2, -0.15) is 20.2 Å². The molecule has 3 unspecified atom stereocenters. The number of hydrazone groups is 2. The van der Waals surface area contributed by atoms with Crippen molar-refractivity contribution in [2.75, 3.05) is 16.6 Å². The van der Waals surface area contributed by atoms with E-state index in [2.05, 4.69) is 20.2 Å². The maximum Gasteiger partial charge on any atom is 0.261 e. The van der Waals surface area contributed by atoms with E-state index in [0.717, 1.165) is 11.4 Å². The average molecular weight is 443 g/mol. The van der Waals surface area contributed by atoms with Gasteiger partial charge in [-0.1, -0.05) is 36.4 Å². The predicted molar refractivity (Wildman–Crippen MR) is 132 cm³/mol. The third kappa shape index (κ3) is 4.79. The van der Waals surface area contributed by atoms with Crippen molar-refractivity contribution in [3.8, 4) is 0 Å². The minimum atomic E-state index is -0.484. The molecule has 168 valence electrons. The van der Waals surface area contributed by atoms with Crippen molar-refractivity contribution < 1.29 is 9.59 Å². The molecule has 2 amide bonds. The normalized spacial score (nSPS) is 21.9. The summed E-state index contributed by atoms with van der Waals surface area (Å²) in [6.45, 7) is 5.97. The Morgan fingerprint density at radius 3 is 1.76 bits per heavy atom. The van der Waals surface area contributed by atoms with Gasteiger partial charge in [-0.25, -0.2) is 0 Å². The molecule has 0 saturated heterocycles. The highest BCUT2D eigenvalue weighted by Gasteiger charge is 2.34. The fourth-order valence-corrected chi connectivity index (χ4v) is 3.61. The minimum Gasteiger partial charge on any atom is -0.294 e. The average Bonchev–Trinajstić information content (AvgIpc) is 3.28. The van der Waals surface area contributed by atoms with E-state index in [-0.39, 0.29) is 17.9 Å². The molecule has 0 radical (unpaired) electrons. The molecule has 2 heterocycles. The summed E-state index contributed by atoms with van der Waals surface area (Å²) in [5.74, 6) is -1.21. The molecule has 2 aromatic carbocycles. The summed E-state index contributed by atoms with van der Waals surface area (Å²) in [4.78, 5) is 34.5. The first-order valence-corrected chi connectivity index (χ1v) is 10.9. The van der Waals surface area contributed by atoms with Crippen molar-refractivity contribution in [2.45, 2.75) is 26.8 Å². The molecule has 2 aromatic rings. The zero-order chi connectivity index (χ0) is 23.4. The van der Waals surface area contributed by atoms with Crippen LogP contribution in [0.25, 0.3) is 0 Å². The van der Waals surface area contributed by atoms with Crippen LogP contribution < -0.4 is 10.0 Å². The van der Waals surface area contributed by atoms with Crippen LogP contribution in [0.3, 0.4) is 0 Å². The van der Waals surface area contributed by atoms with Crippen LogP contribution in [-0.2, 0) is 9.59 Å². The monoisotopic (exact) mass is 442 g/mol. The summed E-state index contributed by atoms with van der Waals surface area (Å²) in [6.07, 6.45) is 3.29. The third-order valence-electron chi connectivity index (χ3n) is 5.48. The highest BCUT2D eigenvalue weighted by atomic mass is 16.2. The number of anilines is 2. The first-order valence-electron chi connectivity index (χ1n) is 10.9. The summed E-state index contributed by atoms with van der Waals surface area (Å²) in [7, 11) is 0. The van der Waals surface area contributed by atoms with Crippen LogP contribution in [0.1, 0.15) is 20.8 Å². The Labute approximate surface area is 193 Å². The van der Waals surface area contributed by atoms with E-state index in [0.29, 0.717) is 18.0 Å². The second-order valence-electron chi connectivity index (χ2n) is 8.07. The van der Waals surface area contributed by atoms with Gasteiger partial charge in [0.05, 0.1) is 35.4 Å². The highest BCUT2D eigenvalue weighted by molar-refractivity contribution is 6.24. The lowest BCUT2D eigenvalue weighted by Crippen LogP contribution is -2.28. The van der Waals surface area contributed by atoms with Crippen LogP contribution in [0, 0.1) is 11.8 Å². The molecule has 0 N–H and O–H groups in total. The van der Waals surface area contributed by atoms with Gasteiger partial charge in [-0.3, -0.25) is 19.6 Å². The number of amides is 2. The Balaban J connectivity index is 1.34. The molecule has 4 rings (SSSR count). The van der Waals surface area contributed by atoms with E-state index in [1.807, 2.05) is 81.4 Å². The number of nitrogens with zero attached hydrogens (tertiary/aromatic N) is 6. The number of carbonyl (C=O) groups excluding carboxylic acids is 2. The fraction of sp³-hybridized carbons (Fsp3) is 0.280. The van der Waals surface area contributed by atoms with E-state index in [4.69, 9.17) is 0 Å². The molecule has 33 heavy (non-hydrogen) atoms. The van der Waals surface area contributed by atoms with Gasteiger partial charge in [0.15, 0.2) is 0 Å². The summed E-state index contributed by atoms with van der Waals surface area (Å²) in [5, 5.41) is 11.6. The van der Waals surface area contributed by atoms with Gasteiger partial charge in [0.2, 0.25) is 0 Å². The summed E-state index contributed by atoms with van der Waals surface area (Å²) in [6, 6.07) is 18.5. The second-order valence-corrected chi connectivity index (χ2v) is 8.07. The number of aliphatic imine (C=N–C) groups is 2. The van der Waals surface area contributed by atoms with E-state index in [1.54, 1.807) is 12.4 Å². The molecule has 0 saturated carbocycles. The molecule has 2 aliphatic rings. The van der Waals surface area contributed by atoms with Crippen molar-refractivity contribution in [1.82, 2.24) is 0 Å². The Morgan fingerprint density at radius 1 is 0.818 bits per heavy atom. The van der Waals surface area contributed by atoms with E-state index in [9.17, 15) is 9.59 Å². The molecular formula is C25H26N6O2. The first kappa shape index (κ1) is 22.3. The molecule has 0 bridgehead atoms. The molecule has 0 fully saturated rings. The number of benzene rings is 2. The topological polar surface area (TPSA) is 90.1 Å². The molecule has 0 aliphatic carbocycles. The molecule has 2 aliphatic heterocycles. The largest absolute Gasteiger partial charge is 0.294 e. The quantitative estimate of drug-likeness (QED) is 0.613. The number of para-hydroxylation sites is 2. The number of rotatable bonds is 7. The third-order valence-corrected chi connectivity index (χ3v) is 5.48. The lowest BCUT2D eigenvalue weighted by molar-refractivity contribution is -0.119. The molecular weight excluding hydrogens is 416 g/mol. The van der Waals surface area contributed by atoms with Crippen molar-refractivity contribution >= 4 is 47.0 Å². The van der Waals surface area contributed by atoms with Gasteiger partial charge in [0.1, 0.15) is 11.8 Å². The van der Waals surface area contributed by atoms with Gasteiger partial charge in [-0.05, 0) is 45.0 Å². The van der Waals surface area contributed by atoms with Crippen molar-refractivity contribution in [1.29, 1.82) is 0 Å². The van der Waals surface area contributed by atoms with E-state index < -0.39 is 11.8 Å². The maximum absolute atomic E-state index is 12.8.